The van der Waals surface area contributed by atoms with Gasteiger partial charge in [0.1, 0.15) is 17.8 Å². The fourth-order valence-electron chi connectivity index (χ4n) is 2.80. The summed E-state index contributed by atoms with van der Waals surface area (Å²) in [5, 5.41) is 4.75. The lowest BCUT2D eigenvalue weighted by molar-refractivity contribution is -0.129. The van der Waals surface area contributed by atoms with Crippen molar-refractivity contribution in [1.82, 2.24) is 15.3 Å². The summed E-state index contributed by atoms with van der Waals surface area (Å²) in [5.41, 5.74) is -0.915. The second kappa shape index (κ2) is 6.27. The fraction of sp³-hybridized carbons (Fsp3) is 0.588. The molecule has 0 aromatic carbocycles. The van der Waals surface area contributed by atoms with E-state index in [0.717, 1.165) is 16.0 Å². The van der Waals surface area contributed by atoms with Crippen molar-refractivity contribution in [3.63, 3.8) is 0 Å². The number of rotatable bonds is 3. The zero-order chi connectivity index (χ0) is 17.4. The number of carbonyl (C=O) groups is 1. The van der Waals surface area contributed by atoms with Gasteiger partial charge < -0.3 is 10.2 Å². The van der Waals surface area contributed by atoms with Gasteiger partial charge in [-0.05, 0) is 11.4 Å². The molecule has 1 aliphatic heterocycles. The Hall–Kier alpha value is -1.76. The average Bonchev–Trinajstić information content (AvgIpc) is 3.01. The van der Waals surface area contributed by atoms with Gasteiger partial charge in [-0.15, -0.1) is 11.3 Å². The monoisotopic (exact) mass is 350 g/mol. The number of fused-ring (bicyclic) bond motifs is 1. The number of halogens is 1. The zero-order valence-electron chi connectivity index (χ0n) is 14.3. The Morgan fingerprint density at radius 1 is 1.38 bits per heavy atom. The Morgan fingerprint density at radius 2 is 2.08 bits per heavy atom. The van der Waals surface area contributed by atoms with E-state index in [0.29, 0.717) is 25.9 Å². The van der Waals surface area contributed by atoms with Crippen LogP contribution >= 0.6 is 11.3 Å². The molecule has 0 bridgehead atoms. The second-order valence-electron chi connectivity index (χ2n) is 7.40. The topological polar surface area (TPSA) is 58.1 Å². The molecule has 0 atom stereocenters. The first-order valence-corrected chi connectivity index (χ1v) is 9.07. The first-order valence-electron chi connectivity index (χ1n) is 8.19. The number of amides is 1. The SMILES string of the molecule is CC(C)(C)C(=O)NCC1(F)CCN(c2ncnc3ccsc23)CC1. The third-order valence-electron chi connectivity index (χ3n) is 4.43. The third-order valence-corrected chi connectivity index (χ3v) is 5.33. The number of hydrogen-bond acceptors (Lipinski definition) is 5. The van der Waals surface area contributed by atoms with E-state index >= 15 is 0 Å². The predicted molar refractivity (Wildman–Crippen MR) is 95.2 cm³/mol. The van der Waals surface area contributed by atoms with E-state index in [9.17, 15) is 9.18 Å². The Bertz CT molecular complexity index is 732. The molecule has 1 N–H and O–H groups in total. The molecule has 0 aliphatic carbocycles. The smallest absolute Gasteiger partial charge is 0.225 e. The number of alkyl halides is 1. The summed E-state index contributed by atoms with van der Waals surface area (Å²) in [6.45, 7) is 6.75. The first kappa shape index (κ1) is 17.1. The maximum Gasteiger partial charge on any atom is 0.225 e. The molecule has 0 saturated carbocycles. The van der Waals surface area contributed by atoms with Crippen molar-refractivity contribution < 1.29 is 9.18 Å². The van der Waals surface area contributed by atoms with Gasteiger partial charge in [-0.2, -0.15) is 0 Å². The number of piperidine rings is 1. The summed E-state index contributed by atoms with van der Waals surface area (Å²) >= 11 is 1.61. The van der Waals surface area contributed by atoms with Crippen molar-refractivity contribution in [2.24, 2.45) is 5.41 Å². The molecule has 3 heterocycles. The highest BCUT2D eigenvalue weighted by Crippen LogP contribution is 2.33. The van der Waals surface area contributed by atoms with Crippen LogP contribution in [0.15, 0.2) is 17.8 Å². The summed E-state index contributed by atoms with van der Waals surface area (Å²) < 4.78 is 16.0. The van der Waals surface area contributed by atoms with Crippen LogP contribution in [0.1, 0.15) is 33.6 Å². The van der Waals surface area contributed by atoms with Gasteiger partial charge in [-0.3, -0.25) is 4.79 Å². The van der Waals surface area contributed by atoms with Crippen molar-refractivity contribution in [3.8, 4) is 0 Å². The maximum absolute atomic E-state index is 15.0. The molecule has 1 fully saturated rings. The van der Waals surface area contributed by atoms with E-state index in [2.05, 4.69) is 20.2 Å². The molecule has 1 amide bonds. The van der Waals surface area contributed by atoms with Crippen molar-refractivity contribution >= 4 is 33.3 Å². The summed E-state index contributed by atoms with van der Waals surface area (Å²) in [5.74, 6) is 0.772. The van der Waals surface area contributed by atoms with Gasteiger partial charge in [0.05, 0.1) is 16.8 Å². The predicted octanol–water partition coefficient (Wildman–Crippen LogP) is 3.16. The van der Waals surface area contributed by atoms with Crippen LogP contribution in [-0.4, -0.2) is 41.2 Å². The molecular formula is C17H23FN4OS. The maximum atomic E-state index is 15.0. The van der Waals surface area contributed by atoms with Crippen molar-refractivity contribution in [1.29, 1.82) is 0 Å². The molecule has 2 aromatic heterocycles. The van der Waals surface area contributed by atoms with Crippen molar-refractivity contribution in [3.05, 3.63) is 17.8 Å². The van der Waals surface area contributed by atoms with Crippen molar-refractivity contribution in [2.45, 2.75) is 39.3 Å². The van der Waals surface area contributed by atoms with Gasteiger partial charge in [0.15, 0.2) is 0 Å². The van der Waals surface area contributed by atoms with Crippen LogP contribution in [-0.2, 0) is 4.79 Å². The second-order valence-corrected chi connectivity index (χ2v) is 8.32. The van der Waals surface area contributed by atoms with Crippen LogP contribution in [0.25, 0.3) is 10.2 Å². The molecule has 5 nitrogen and oxygen atoms in total. The van der Waals surface area contributed by atoms with E-state index < -0.39 is 11.1 Å². The molecule has 130 valence electrons. The van der Waals surface area contributed by atoms with Crippen LogP contribution < -0.4 is 10.2 Å². The summed E-state index contributed by atoms with van der Waals surface area (Å²) in [4.78, 5) is 22.7. The molecule has 7 heteroatoms. The van der Waals surface area contributed by atoms with Gasteiger partial charge in [0.2, 0.25) is 5.91 Å². The zero-order valence-corrected chi connectivity index (χ0v) is 15.1. The summed E-state index contributed by atoms with van der Waals surface area (Å²) in [7, 11) is 0. The summed E-state index contributed by atoms with van der Waals surface area (Å²) in [6.07, 6.45) is 2.33. The highest BCUT2D eigenvalue weighted by molar-refractivity contribution is 7.17. The molecule has 0 unspecified atom stereocenters. The normalized spacial score (nSPS) is 17.9. The molecule has 24 heavy (non-hydrogen) atoms. The number of nitrogens with zero attached hydrogens (tertiary/aromatic N) is 3. The minimum Gasteiger partial charge on any atom is -0.355 e. The van der Waals surface area contributed by atoms with Crippen molar-refractivity contribution in [2.75, 3.05) is 24.5 Å². The van der Waals surface area contributed by atoms with Gasteiger partial charge in [0.25, 0.3) is 0 Å². The molecule has 0 radical (unpaired) electrons. The highest BCUT2D eigenvalue weighted by Gasteiger charge is 2.36. The van der Waals surface area contributed by atoms with Crippen LogP contribution in [0.4, 0.5) is 10.2 Å². The van der Waals surface area contributed by atoms with E-state index in [-0.39, 0.29) is 12.5 Å². The largest absolute Gasteiger partial charge is 0.355 e. The number of hydrogen-bond donors (Lipinski definition) is 1. The Labute approximate surface area is 145 Å². The number of thiophene rings is 1. The third kappa shape index (κ3) is 3.50. The number of anilines is 1. The van der Waals surface area contributed by atoms with E-state index in [1.807, 2.05) is 32.2 Å². The lowest BCUT2D eigenvalue weighted by atomic mass is 9.91. The molecule has 0 spiro atoms. The number of nitrogens with one attached hydrogen (secondary N) is 1. The minimum absolute atomic E-state index is 0.0785. The Kier molecular flexibility index (Phi) is 4.46. The molecular weight excluding hydrogens is 327 g/mol. The van der Waals surface area contributed by atoms with Crippen LogP contribution in [0.3, 0.4) is 0 Å². The van der Waals surface area contributed by atoms with E-state index in [4.69, 9.17) is 0 Å². The average molecular weight is 350 g/mol. The van der Waals surface area contributed by atoms with Crippen LogP contribution in [0.5, 0.6) is 0 Å². The van der Waals surface area contributed by atoms with Gasteiger partial charge in [0, 0.05) is 31.3 Å². The fourth-order valence-corrected chi connectivity index (χ4v) is 3.66. The lowest BCUT2D eigenvalue weighted by Crippen LogP contribution is -2.50. The quantitative estimate of drug-likeness (QED) is 0.924. The molecule has 2 aromatic rings. The molecule has 1 saturated heterocycles. The highest BCUT2D eigenvalue weighted by atomic mass is 32.1. The van der Waals surface area contributed by atoms with Gasteiger partial charge in [-0.1, -0.05) is 20.8 Å². The van der Waals surface area contributed by atoms with Gasteiger partial charge >= 0.3 is 0 Å². The first-order chi connectivity index (χ1) is 11.3. The molecule has 3 rings (SSSR count). The van der Waals surface area contributed by atoms with E-state index in [1.165, 1.54) is 0 Å². The minimum atomic E-state index is -1.35. The van der Waals surface area contributed by atoms with Crippen LogP contribution in [0, 0.1) is 5.41 Å². The van der Waals surface area contributed by atoms with Gasteiger partial charge in [-0.25, -0.2) is 14.4 Å². The Balaban J connectivity index is 1.63. The lowest BCUT2D eigenvalue weighted by Gasteiger charge is -2.37. The number of carbonyl (C=O) groups excluding carboxylic acids is 1. The molecule has 1 aliphatic rings. The van der Waals surface area contributed by atoms with E-state index in [1.54, 1.807) is 17.7 Å². The van der Waals surface area contributed by atoms with Crippen LogP contribution in [0.2, 0.25) is 0 Å². The summed E-state index contributed by atoms with van der Waals surface area (Å²) in [6, 6.07) is 1.97. The number of aromatic nitrogens is 2. The standard InChI is InChI=1S/C17H23FN4OS/c1-16(2,3)15(23)19-10-17(18)5-7-22(8-6-17)14-13-12(4-9-24-13)20-11-21-14/h4,9,11H,5-8,10H2,1-3H3,(H,19,23). The Morgan fingerprint density at radius 3 is 2.75 bits per heavy atom.